The number of hydroxylamine groups is 1. The predicted molar refractivity (Wildman–Crippen MR) is 32.0 cm³/mol. The standard InChI is InChI=1S/C4H10N4O2/c1-2-6-4-3(5-1)7-10-8-9-4/h3-8H,1-2H2. The smallest absolute Gasteiger partial charge is 0.163 e. The summed E-state index contributed by atoms with van der Waals surface area (Å²) in [5.74, 6) is 0. The molecule has 2 heterocycles. The van der Waals surface area contributed by atoms with E-state index in [0.29, 0.717) is 0 Å². The van der Waals surface area contributed by atoms with Crippen LogP contribution in [0, 0.1) is 0 Å². The molecule has 4 N–H and O–H groups in total. The molecule has 10 heavy (non-hydrogen) atoms. The van der Waals surface area contributed by atoms with Gasteiger partial charge < -0.3 is 0 Å². The van der Waals surface area contributed by atoms with Crippen molar-refractivity contribution >= 4 is 0 Å². The lowest BCUT2D eigenvalue weighted by atomic mass is 10.3. The van der Waals surface area contributed by atoms with Crippen LogP contribution in [0.25, 0.3) is 0 Å². The zero-order chi connectivity index (χ0) is 6.81. The van der Waals surface area contributed by atoms with Gasteiger partial charge in [0, 0.05) is 13.1 Å². The van der Waals surface area contributed by atoms with E-state index in [1.165, 1.54) is 0 Å². The van der Waals surface area contributed by atoms with Crippen molar-refractivity contribution in [3.63, 3.8) is 0 Å². The summed E-state index contributed by atoms with van der Waals surface area (Å²) in [6.45, 7) is 1.82. The Labute approximate surface area is 58.1 Å². The minimum atomic E-state index is -0.0532. The maximum absolute atomic E-state index is 4.97. The molecule has 2 atom stereocenters. The normalized spacial score (nSPS) is 40.8. The monoisotopic (exact) mass is 146 g/mol. The highest BCUT2D eigenvalue weighted by molar-refractivity contribution is 4.76. The molecular weight excluding hydrogens is 136 g/mol. The van der Waals surface area contributed by atoms with Crippen LogP contribution in [0.4, 0.5) is 0 Å². The van der Waals surface area contributed by atoms with Crippen LogP contribution in [-0.4, -0.2) is 25.5 Å². The minimum Gasteiger partial charge on any atom is -0.295 e. The quantitative estimate of drug-likeness (QED) is 0.311. The van der Waals surface area contributed by atoms with Crippen molar-refractivity contribution in [2.45, 2.75) is 12.4 Å². The van der Waals surface area contributed by atoms with Crippen molar-refractivity contribution in [2.75, 3.05) is 13.1 Å². The van der Waals surface area contributed by atoms with Gasteiger partial charge in [-0.15, -0.1) is 0 Å². The van der Waals surface area contributed by atoms with Gasteiger partial charge in [-0.25, -0.2) is 0 Å². The van der Waals surface area contributed by atoms with Crippen molar-refractivity contribution in [2.24, 2.45) is 0 Å². The van der Waals surface area contributed by atoms with E-state index >= 15 is 0 Å². The SMILES string of the molecule is C1CNC2ONONC2N1. The number of rotatable bonds is 0. The predicted octanol–water partition coefficient (Wildman–Crippen LogP) is -2.20. The van der Waals surface area contributed by atoms with Crippen molar-refractivity contribution in [3.8, 4) is 0 Å². The second kappa shape index (κ2) is 2.79. The highest BCUT2D eigenvalue weighted by Gasteiger charge is 2.28. The fourth-order valence-corrected chi connectivity index (χ4v) is 1.04. The molecule has 0 bridgehead atoms. The van der Waals surface area contributed by atoms with Gasteiger partial charge >= 0.3 is 0 Å². The first-order chi connectivity index (χ1) is 4.97. The molecular formula is C4H10N4O2. The number of nitrogens with one attached hydrogen (secondary N) is 4. The Morgan fingerprint density at radius 1 is 1.20 bits per heavy atom. The summed E-state index contributed by atoms with van der Waals surface area (Å²) in [5.41, 5.74) is 4.98. The molecule has 2 rings (SSSR count). The third-order valence-electron chi connectivity index (χ3n) is 1.54. The topological polar surface area (TPSA) is 66.6 Å². The molecule has 0 aromatic carbocycles. The molecule has 0 amide bonds. The second-order valence-corrected chi connectivity index (χ2v) is 2.23. The van der Waals surface area contributed by atoms with E-state index in [9.17, 15) is 0 Å². The Hall–Kier alpha value is -0.240. The fraction of sp³-hybridized carbons (Fsp3) is 1.00. The molecule has 2 fully saturated rings. The maximum Gasteiger partial charge on any atom is 0.163 e. The van der Waals surface area contributed by atoms with E-state index in [4.69, 9.17) is 4.84 Å². The molecule has 0 radical (unpaired) electrons. The van der Waals surface area contributed by atoms with Crippen LogP contribution in [-0.2, 0) is 9.78 Å². The molecule has 2 unspecified atom stereocenters. The summed E-state index contributed by atoms with van der Waals surface area (Å²) >= 11 is 0. The van der Waals surface area contributed by atoms with E-state index in [0.717, 1.165) is 13.1 Å². The van der Waals surface area contributed by atoms with Gasteiger partial charge in [-0.3, -0.25) is 15.5 Å². The van der Waals surface area contributed by atoms with Gasteiger partial charge in [-0.1, -0.05) is 5.64 Å². The highest BCUT2D eigenvalue weighted by Crippen LogP contribution is 1.98. The average Bonchev–Trinajstić information content (AvgIpc) is 2.05. The lowest BCUT2D eigenvalue weighted by Crippen LogP contribution is -2.67. The molecule has 0 saturated carbocycles. The maximum atomic E-state index is 4.97. The molecule has 6 heteroatoms. The molecule has 0 aromatic rings. The molecule has 2 saturated heterocycles. The van der Waals surface area contributed by atoms with E-state index in [1.54, 1.807) is 0 Å². The molecule has 2 aliphatic rings. The zero-order valence-corrected chi connectivity index (χ0v) is 5.39. The van der Waals surface area contributed by atoms with Crippen LogP contribution in [0.15, 0.2) is 0 Å². The van der Waals surface area contributed by atoms with Crippen LogP contribution in [0.5, 0.6) is 0 Å². The third kappa shape index (κ3) is 1.12. The van der Waals surface area contributed by atoms with Gasteiger partial charge in [0.25, 0.3) is 0 Å². The minimum absolute atomic E-state index is 0.0370. The summed E-state index contributed by atoms with van der Waals surface area (Å²) in [6.07, 6.45) is -0.0162. The largest absolute Gasteiger partial charge is 0.295 e. The Kier molecular flexibility index (Phi) is 1.80. The van der Waals surface area contributed by atoms with Gasteiger partial charge in [-0.05, 0) is 0 Å². The van der Waals surface area contributed by atoms with Gasteiger partial charge in [0.15, 0.2) is 6.23 Å². The Balaban J connectivity index is 1.93. The Morgan fingerprint density at radius 2 is 2.10 bits per heavy atom. The molecule has 6 nitrogen and oxygen atoms in total. The van der Waals surface area contributed by atoms with Gasteiger partial charge in [0.1, 0.15) is 6.17 Å². The summed E-state index contributed by atoms with van der Waals surface area (Å²) in [6, 6.07) is 0. The molecule has 0 aliphatic carbocycles. The first kappa shape index (κ1) is 6.47. The van der Waals surface area contributed by atoms with Crippen LogP contribution in [0.1, 0.15) is 0 Å². The second-order valence-electron chi connectivity index (χ2n) is 2.23. The number of fused-ring (bicyclic) bond motifs is 1. The van der Waals surface area contributed by atoms with Crippen molar-refractivity contribution in [1.82, 2.24) is 21.8 Å². The Morgan fingerprint density at radius 3 is 3.00 bits per heavy atom. The summed E-state index contributed by atoms with van der Waals surface area (Å²) in [4.78, 5) is 9.59. The van der Waals surface area contributed by atoms with Gasteiger partial charge in [0.2, 0.25) is 0 Å². The van der Waals surface area contributed by atoms with Crippen LogP contribution in [0.3, 0.4) is 0 Å². The average molecular weight is 146 g/mol. The zero-order valence-electron chi connectivity index (χ0n) is 5.39. The molecule has 0 aromatic heterocycles. The van der Waals surface area contributed by atoms with Gasteiger partial charge in [0.05, 0.1) is 0 Å². The fourth-order valence-electron chi connectivity index (χ4n) is 1.04. The van der Waals surface area contributed by atoms with E-state index in [2.05, 4.69) is 26.7 Å². The van der Waals surface area contributed by atoms with Gasteiger partial charge in [-0.2, -0.15) is 10.4 Å². The van der Waals surface area contributed by atoms with Crippen LogP contribution < -0.4 is 21.8 Å². The van der Waals surface area contributed by atoms with Crippen molar-refractivity contribution in [1.29, 1.82) is 0 Å². The molecule has 2 aliphatic heterocycles. The third-order valence-corrected chi connectivity index (χ3v) is 1.54. The summed E-state index contributed by atoms with van der Waals surface area (Å²) in [5, 5.41) is 6.29. The number of hydrogen-bond donors (Lipinski definition) is 4. The van der Waals surface area contributed by atoms with Crippen LogP contribution in [0.2, 0.25) is 0 Å². The first-order valence-corrected chi connectivity index (χ1v) is 3.25. The Bertz CT molecular complexity index is 95.8. The first-order valence-electron chi connectivity index (χ1n) is 3.25. The lowest BCUT2D eigenvalue weighted by molar-refractivity contribution is -0.304. The number of hydrogen-bond acceptors (Lipinski definition) is 6. The van der Waals surface area contributed by atoms with E-state index in [-0.39, 0.29) is 12.4 Å². The number of piperazine rings is 1. The van der Waals surface area contributed by atoms with Crippen molar-refractivity contribution in [3.05, 3.63) is 0 Å². The summed E-state index contributed by atoms with van der Waals surface area (Å²) < 4.78 is 0. The van der Waals surface area contributed by atoms with E-state index in [1.807, 2.05) is 0 Å². The van der Waals surface area contributed by atoms with Crippen LogP contribution >= 0.6 is 0 Å². The summed E-state index contributed by atoms with van der Waals surface area (Å²) in [7, 11) is 0. The molecule has 58 valence electrons. The van der Waals surface area contributed by atoms with Crippen molar-refractivity contribution < 1.29 is 9.78 Å². The highest BCUT2D eigenvalue weighted by atomic mass is 17.0. The molecule has 0 spiro atoms. The lowest BCUT2D eigenvalue weighted by Gasteiger charge is -2.35. The van der Waals surface area contributed by atoms with E-state index < -0.39 is 0 Å².